The summed E-state index contributed by atoms with van der Waals surface area (Å²) in [5, 5.41) is 10.9. The van der Waals surface area contributed by atoms with E-state index < -0.39 is 0 Å². The highest BCUT2D eigenvalue weighted by Crippen LogP contribution is 2.06. The fourth-order valence-corrected chi connectivity index (χ4v) is 1.68. The molecule has 0 atom stereocenters. The maximum atomic E-state index is 5.67. The van der Waals surface area contributed by atoms with Crippen molar-refractivity contribution in [3.05, 3.63) is 30.2 Å². The molecule has 21 heavy (non-hydrogen) atoms. The lowest BCUT2D eigenvalue weighted by atomic mass is 10.4. The molecule has 0 bridgehead atoms. The molecule has 3 N–H and O–H groups in total. The van der Waals surface area contributed by atoms with Crippen LogP contribution in [0.4, 0.5) is 11.9 Å². The Balaban J connectivity index is 1.68. The first-order valence-electron chi connectivity index (χ1n) is 6.25. The average Bonchev–Trinajstić information content (AvgIpc) is 3.10. The number of hydrogen-bond acceptors (Lipinski definition) is 9. The van der Waals surface area contributed by atoms with Crippen LogP contribution in [0.25, 0.3) is 5.95 Å². The Morgan fingerprint density at radius 3 is 2.90 bits per heavy atom. The Bertz CT molecular complexity index is 721. The molecule has 108 valence electrons. The zero-order chi connectivity index (χ0) is 14.7. The standard InChI is InChI=1S/C11H13N9O/c1-7-15-8(19-21-7)3-5-13-10-16-9(12)17-11(18-10)20-6-2-4-14-20/h2,4,6H,3,5H2,1H3,(H3,12,13,16,17,18). The Labute approximate surface area is 119 Å². The van der Waals surface area contributed by atoms with Crippen LogP contribution in [0.5, 0.6) is 0 Å². The van der Waals surface area contributed by atoms with Crippen LogP contribution in [-0.2, 0) is 6.42 Å². The Hall–Kier alpha value is -3.04. The number of hydrogen-bond donors (Lipinski definition) is 2. The Kier molecular flexibility index (Phi) is 3.41. The van der Waals surface area contributed by atoms with E-state index in [1.165, 1.54) is 4.68 Å². The van der Waals surface area contributed by atoms with Gasteiger partial charge in [-0.3, -0.25) is 0 Å². The topological polar surface area (TPSA) is 133 Å². The third kappa shape index (κ3) is 3.11. The highest BCUT2D eigenvalue weighted by atomic mass is 16.5. The molecule has 0 spiro atoms. The fourth-order valence-electron chi connectivity index (χ4n) is 1.68. The minimum absolute atomic E-state index is 0.119. The number of rotatable bonds is 5. The first-order valence-corrected chi connectivity index (χ1v) is 6.25. The molecule has 0 aromatic carbocycles. The van der Waals surface area contributed by atoms with Crippen LogP contribution in [-0.4, -0.2) is 41.4 Å². The van der Waals surface area contributed by atoms with Crippen LogP contribution in [0, 0.1) is 6.92 Å². The van der Waals surface area contributed by atoms with E-state index in [9.17, 15) is 0 Å². The van der Waals surface area contributed by atoms with E-state index in [0.717, 1.165) is 0 Å². The number of nitrogen functional groups attached to an aromatic ring is 1. The quantitative estimate of drug-likeness (QED) is 0.664. The minimum atomic E-state index is 0.119. The van der Waals surface area contributed by atoms with Gasteiger partial charge in [-0.1, -0.05) is 5.16 Å². The summed E-state index contributed by atoms with van der Waals surface area (Å²) in [7, 11) is 0. The van der Waals surface area contributed by atoms with E-state index in [2.05, 4.69) is 35.5 Å². The molecule has 0 saturated heterocycles. The van der Waals surface area contributed by atoms with Crippen molar-refractivity contribution >= 4 is 11.9 Å². The molecule has 0 aliphatic rings. The van der Waals surface area contributed by atoms with Gasteiger partial charge in [-0.25, -0.2) is 4.68 Å². The molecule has 3 rings (SSSR count). The maximum Gasteiger partial charge on any atom is 0.257 e. The number of aryl methyl sites for hydroxylation is 1. The van der Waals surface area contributed by atoms with E-state index >= 15 is 0 Å². The van der Waals surface area contributed by atoms with Crippen LogP contribution in [0.1, 0.15) is 11.7 Å². The molecule has 0 unspecified atom stereocenters. The summed E-state index contributed by atoms with van der Waals surface area (Å²) >= 11 is 0. The molecule has 0 radical (unpaired) electrons. The van der Waals surface area contributed by atoms with Crippen LogP contribution in [0.3, 0.4) is 0 Å². The van der Waals surface area contributed by atoms with E-state index in [4.69, 9.17) is 10.3 Å². The molecule has 3 heterocycles. The summed E-state index contributed by atoms with van der Waals surface area (Å²) in [5.74, 6) is 2.00. The predicted octanol–water partition coefficient (Wildman–Crippen LogP) is -0.0145. The van der Waals surface area contributed by atoms with Gasteiger partial charge in [0.1, 0.15) is 0 Å². The predicted molar refractivity (Wildman–Crippen MR) is 72.6 cm³/mol. The fraction of sp³-hybridized carbons (Fsp3) is 0.273. The normalized spacial score (nSPS) is 10.7. The monoisotopic (exact) mass is 287 g/mol. The van der Waals surface area contributed by atoms with Crippen molar-refractivity contribution in [2.45, 2.75) is 13.3 Å². The highest BCUT2D eigenvalue weighted by molar-refractivity contribution is 5.34. The summed E-state index contributed by atoms with van der Waals surface area (Å²) in [5.41, 5.74) is 5.67. The summed E-state index contributed by atoms with van der Waals surface area (Å²) in [6, 6.07) is 1.77. The van der Waals surface area contributed by atoms with Gasteiger partial charge >= 0.3 is 0 Å². The Morgan fingerprint density at radius 2 is 2.19 bits per heavy atom. The average molecular weight is 287 g/mol. The summed E-state index contributed by atoms with van der Waals surface area (Å²) in [6.45, 7) is 2.29. The zero-order valence-electron chi connectivity index (χ0n) is 11.3. The van der Waals surface area contributed by atoms with Gasteiger partial charge in [-0.15, -0.1) is 0 Å². The third-order valence-electron chi connectivity index (χ3n) is 2.55. The van der Waals surface area contributed by atoms with Gasteiger partial charge in [0.25, 0.3) is 5.95 Å². The maximum absolute atomic E-state index is 5.67. The van der Waals surface area contributed by atoms with Gasteiger partial charge in [-0.05, 0) is 6.07 Å². The van der Waals surface area contributed by atoms with Crippen LogP contribution < -0.4 is 11.1 Å². The largest absolute Gasteiger partial charge is 0.368 e. The van der Waals surface area contributed by atoms with Crippen molar-refractivity contribution in [3.63, 3.8) is 0 Å². The number of nitrogens with zero attached hydrogens (tertiary/aromatic N) is 7. The molecule has 0 saturated carbocycles. The SMILES string of the molecule is Cc1nc(CCNc2nc(N)nc(-n3cccn3)n2)no1. The van der Waals surface area contributed by atoms with Crippen LogP contribution >= 0.6 is 0 Å². The van der Waals surface area contributed by atoms with Gasteiger partial charge in [0.15, 0.2) is 5.82 Å². The highest BCUT2D eigenvalue weighted by Gasteiger charge is 2.07. The Morgan fingerprint density at radius 1 is 1.29 bits per heavy atom. The van der Waals surface area contributed by atoms with E-state index in [1.54, 1.807) is 25.4 Å². The number of nitrogens with one attached hydrogen (secondary N) is 1. The molecule has 0 fully saturated rings. The number of aromatic nitrogens is 7. The van der Waals surface area contributed by atoms with Gasteiger partial charge in [-0.2, -0.15) is 25.0 Å². The van der Waals surface area contributed by atoms with Crippen LogP contribution in [0.2, 0.25) is 0 Å². The second-order valence-corrected chi connectivity index (χ2v) is 4.17. The van der Waals surface area contributed by atoms with Gasteiger partial charge in [0, 0.05) is 32.3 Å². The van der Waals surface area contributed by atoms with Crippen LogP contribution in [0.15, 0.2) is 23.0 Å². The molecule has 3 aromatic rings. The van der Waals surface area contributed by atoms with Crippen molar-refractivity contribution in [2.24, 2.45) is 0 Å². The van der Waals surface area contributed by atoms with E-state index in [-0.39, 0.29) is 5.95 Å². The smallest absolute Gasteiger partial charge is 0.257 e. The third-order valence-corrected chi connectivity index (χ3v) is 2.55. The molecular formula is C11H13N9O. The second-order valence-electron chi connectivity index (χ2n) is 4.17. The van der Waals surface area contributed by atoms with Crippen molar-refractivity contribution in [1.29, 1.82) is 0 Å². The lowest BCUT2D eigenvalue weighted by Crippen LogP contribution is -2.13. The lowest BCUT2D eigenvalue weighted by Gasteiger charge is -2.06. The van der Waals surface area contributed by atoms with Gasteiger partial charge < -0.3 is 15.6 Å². The van der Waals surface area contributed by atoms with Crippen molar-refractivity contribution in [1.82, 2.24) is 34.9 Å². The number of anilines is 2. The minimum Gasteiger partial charge on any atom is -0.368 e. The van der Waals surface area contributed by atoms with Crippen molar-refractivity contribution in [3.8, 4) is 5.95 Å². The summed E-state index contributed by atoms with van der Waals surface area (Å²) < 4.78 is 6.40. The van der Waals surface area contributed by atoms with E-state index in [0.29, 0.717) is 36.6 Å². The molecule has 10 nitrogen and oxygen atoms in total. The first kappa shape index (κ1) is 13.0. The number of nitrogens with two attached hydrogens (primary N) is 1. The molecule has 0 amide bonds. The van der Waals surface area contributed by atoms with Crippen molar-refractivity contribution in [2.75, 3.05) is 17.6 Å². The first-order chi connectivity index (χ1) is 10.2. The molecule has 0 aliphatic carbocycles. The molecule has 0 aliphatic heterocycles. The zero-order valence-corrected chi connectivity index (χ0v) is 11.3. The van der Waals surface area contributed by atoms with Gasteiger partial charge in [0.2, 0.25) is 17.8 Å². The molecular weight excluding hydrogens is 274 g/mol. The summed E-state index contributed by atoms with van der Waals surface area (Å²) in [4.78, 5) is 16.4. The molecule has 3 aromatic heterocycles. The van der Waals surface area contributed by atoms with Crippen molar-refractivity contribution < 1.29 is 4.52 Å². The molecule has 10 heteroatoms. The van der Waals surface area contributed by atoms with E-state index in [1.807, 2.05) is 0 Å². The second kappa shape index (κ2) is 5.53. The van der Waals surface area contributed by atoms with Gasteiger partial charge in [0.05, 0.1) is 0 Å². The summed E-state index contributed by atoms with van der Waals surface area (Å²) in [6.07, 6.45) is 3.94. The lowest BCUT2D eigenvalue weighted by molar-refractivity contribution is 0.387.